The summed E-state index contributed by atoms with van der Waals surface area (Å²) in [6.45, 7) is 0.694. The van der Waals surface area contributed by atoms with Gasteiger partial charge in [0.1, 0.15) is 5.76 Å². The summed E-state index contributed by atoms with van der Waals surface area (Å²) in [5.74, 6) is -0.727. The number of hydrogen-bond acceptors (Lipinski definition) is 4. The van der Waals surface area contributed by atoms with Gasteiger partial charge in [-0.15, -0.1) is 0 Å². The fourth-order valence-corrected chi connectivity index (χ4v) is 1.64. The van der Waals surface area contributed by atoms with E-state index in [9.17, 15) is 9.59 Å². The van der Waals surface area contributed by atoms with Gasteiger partial charge >= 0.3 is 5.97 Å². The zero-order valence-electron chi connectivity index (χ0n) is 9.61. The molecule has 96 valence electrons. The van der Waals surface area contributed by atoms with Gasteiger partial charge in [-0.3, -0.25) is 4.79 Å². The van der Waals surface area contributed by atoms with Crippen LogP contribution in [0.25, 0.3) is 6.08 Å². The van der Waals surface area contributed by atoms with Crippen LogP contribution in [-0.2, 0) is 14.3 Å². The normalized spacial score (nSPS) is 20.2. The SMILES string of the molecule is O=C(O)[C@H]1CN(C(=O)/C=C/c2ccco2)CCO1. The van der Waals surface area contributed by atoms with Crippen molar-refractivity contribution >= 4 is 18.0 Å². The summed E-state index contributed by atoms with van der Waals surface area (Å²) in [6, 6.07) is 3.45. The number of ether oxygens (including phenoxy) is 1. The molecule has 1 aromatic rings. The predicted molar refractivity (Wildman–Crippen MR) is 61.7 cm³/mol. The molecule has 1 aliphatic heterocycles. The van der Waals surface area contributed by atoms with Crippen LogP contribution in [0.5, 0.6) is 0 Å². The summed E-state index contributed by atoms with van der Waals surface area (Å²) in [7, 11) is 0. The Morgan fingerprint density at radius 2 is 2.33 bits per heavy atom. The van der Waals surface area contributed by atoms with E-state index in [1.54, 1.807) is 18.2 Å². The van der Waals surface area contributed by atoms with Gasteiger partial charge in [0.15, 0.2) is 6.10 Å². The average Bonchev–Trinajstić information content (AvgIpc) is 2.89. The van der Waals surface area contributed by atoms with Gasteiger partial charge in [0.2, 0.25) is 5.91 Å². The summed E-state index contributed by atoms with van der Waals surface area (Å²) in [4.78, 5) is 24.0. The molecule has 0 aromatic carbocycles. The molecule has 0 aliphatic carbocycles. The van der Waals surface area contributed by atoms with Crippen LogP contribution < -0.4 is 0 Å². The quantitative estimate of drug-likeness (QED) is 0.796. The van der Waals surface area contributed by atoms with Crippen LogP contribution in [0.1, 0.15) is 5.76 Å². The maximum absolute atomic E-state index is 11.8. The van der Waals surface area contributed by atoms with Crippen molar-refractivity contribution in [3.05, 3.63) is 30.2 Å². The molecule has 0 saturated carbocycles. The lowest BCUT2D eigenvalue weighted by Gasteiger charge is -2.29. The molecule has 1 amide bonds. The molecule has 1 atom stereocenters. The first kappa shape index (κ1) is 12.4. The van der Waals surface area contributed by atoms with Crippen LogP contribution in [-0.4, -0.2) is 47.7 Å². The van der Waals surface area contributed by atoms with E-state index in [0.717, 1.165) is 0 Å². The van der Waals surface area contributed by atoms with Crippen molar-refractivity contribution in [2.24, 2.45) is 0 Å². The van der Waals surface area contributed by atoms with Gasteiger partial charge in [-0.2, -0.15) is 0 Å². The van der Waals surface area contributed by atoms with Gasteiger partial charge in [0.05, 0.1) is 19.4 Å². The van der Waals surface area contributed by atoms with Crippen LogP contribution in [0.4, 0.5) is 0 Å². The Labute approximate surface area is 103 Å². The van der Waals surface area contributed by atoms with E-state index < -0.39 is 12.1 Å². The topological polar surface area (TPSA) is 80.0 Å². The van der Waals surface area contributed by atoms with Crippen molar-refractivity contribution in [2.75, 3.05) is 19.7 Å². The number of rotatable bonds is 3. The minimum absolute atomic E-state index is 0.0661. The minimum Gasteiger partial charge on any atom is -0.479 e. The fourth-order valence-electron chi connectivity index (χ4n) is 1.64. The number of furan rings is 1. The highest BCUT2D eigenvalue weighted by Gasteiger charge is 2.27. The van der Waals surface area contributed by atoms with E-state index in [1.807, 2.05) is 0 Å². The van der Waals surface area contributed by atoms with Crippen molar-refractivity contribution in [1.29, 1.82) is 0 Å². The van der Waals surface area contributed by atoms with Crippen LogP contribution in [0.3, 0.4) is 0 Å². The molecule has 0 radical (unpaired) electrons. The molecule has 1 saturated heterocycles. The average molecular weight is 251 g/mol. The van der Waals surface area contributed by atoms with Crippen LogP contribution in [0, 0.1) is 0 Å². The monoisotopic (exact) mass is 251 g/mol. The van der Waals surface area contributed by atoms with E-state index in [-0.39, 0.29) is 19.1 Å². The molecule has 2 rings (SSSR count). The predicted octanol–water partition coefficient (Wildman–Crippen LogP) is 0.605. The van der Waals surface area contributed by atoms with Crippen molar-refractivity contribution in [1.82, 2.24) is 4.90 Å². The number of aliphatic carboxylic acids is 1. The maximum Gasteiger partial charge on any atom is 0.334 e. The molecule has 6 heteroatoms. The van der Waals surface area contributed by atoms with Gasteiger partial charge in [-0.25, -0.2) is 4.79 Å². The highest BCUT2D eigenvalue weighted by atomic mass is 16.5. The zero-order valence-corrected chi connectivity index (χ0v) is 9.61. The van der Waals surface area contributed by atoms with Gasteiger partial charge in [0.25, 0.3) is 0 Å². The van der Waals surface area contributed by atoms with E-state index in [1.165, 1.54) is 17.2 Å². The standard InChI is InChI=1S/C12H13NO5/c14-11(4-3-9-2-1-6-17-9)13-5-7-18-10(8-13)12(15)16/h1-4,6,10H,5,7-8H2,(H,15,16)/b4-3+/t10-/m1/s1. The first-order chi connectivity index (χ1) is 8.66. The molecule has 1 aliphatic rings. The zero-order chi connectivity index (χ0) is 13.0. The lowest BCUT2D eigenvalue weighted by atomic mass is 10.2. The third-order valence-electron chi connectivity index (χ3n) is 2.59. The molecule has 0 unspecified atom stereocenters. The van der Waals surface area contributed by atoms with Crippen molar-refractivity contribution in [3.63, 3.8) is 0 Å². The molecule has 1 N–H and O–H groups in total. The lowest BCUT2D eigenvalue weighted by Crippen LogP contribution is -2.48. The van der Waals surface area contributed by atoms with E-state index in [0.29, 0.717) is 12.3 Å². The number of hydrogen-bond donors (Lipinski definition) is 1. The number of carboxylic acids is 1. The molecule has 0 bridgehead atoms. The van der Waals surface area contributed by atoms with Crippen LogP contribution >= 0.6 is 0 Å². The Balaban J connectivity index is 1.94. The Morgan fingerprint density at radius 3 is 3.00 bits per heavy atom. The number of morpholine rings is 1. The number of carbonyl (C=O) groups excluding carboxylic acids is 1. The Hall–Kier alpha value is -2.08. The molecule has 0 spiro atoms. The first-order valence-corrected chi connectivity index (χ1v) is 5.52. The second kappa shape index (κ2) is 5.50. The largest absolute Gasteiger partial charge is 0.479 e. The second-order valence-corrected chi connectivity index (χ2v) is 3.83. The summed E-state index contributed by atoms with van der Waals surface area (Å²) >= 11 is 0. The smallest absolute Gasteiger partial charge is 0.334 e. The molecular weight excluding hydrogens is 238 g/mol. The Bertz CT molecular complexity index is 451. The molecule has 1 fully saturated rings. The molecule has 6 nitrogen and oxygen atoms in total. The summed E-state index contributed by atoms with van der Waals surface area (Å²) in [6.07, 6.45) is 3.48. The summed E-state index contributed by atoms with van der Waals surface area (Å²) in [5, 5.41) is 8.82. The van der Waals surface area contributed by atoms with Gasteiger partial charge in [-0.1, -0.05) is 0 Å². The van der Waals surface area contributed by atoms with Gasteiger partial charge in [0, 0.05) is 12.6 Å². The molecule has 2 heterocycles. The van der Waals surface area contributed by atoms with E-state index in [2.05, 4.69) is 0 Å². The number of carbonyl (C=O) groups is 2. The van der Waals surface area contributed by atoms with Crippen molar-refractivity contribution in [3.8, 4) is 0 Å². The second-order valence-electron chi connectivity index (χ2n) is 3.83. The Kier molecular flexibility index (Phi) is 3.78. The number of carboxylic acid groups (broad SMARTS) is 1. The van der Waals surface area contributed by atoms with E-state index in [4.69, 9.17) is 14.3 Å². The highest BCUT2D eigenvalue weighted by Crippen LogP contribution is 2.08. The van der Waals surface area contributed by atoms with E-state index >= 15 is 0 Å². The van der Waals surface area contributed by atoms with Crippen LogP contribution in [0.15, 0.2) is 28.9 Å². The Morgan fingerprint density at radius 1 is 1.50 bits per heavy atom. The third-order valence-corrected chi connectivity index (χ3v) is 2.59. The van der Waals surface area contributed by atoms with Gasteiger partial charge in [-0.05, 0) is 18.2 Å². The van der Waals surface area contributed by atoms with Gasteiger partial charge < -0.3 is 19.2 Å². The fraction of sp³-hybridized carbons (Fsp3) is 0.333. The number of amides is 1. The first-order valence-electron chi connectivity index (χ1n) is 5.52. The number of nitrogens with zero attached hydrogens (tertiary/aromatic N) is 1. The van der Waals surface area contributed by atoms with Crippen molar-refractivity contribution < 1.29 is 23.8 Å². The minimum atomic E-state index is -1.05. The molecular formula is C12H13NO5. The summed E-state index contributed by atoms with van der Waals surface area (Å²) < 4.78 is 10.1. The molecule has 1 aromatic heterocycles. The molecule has 18 heavy (non-hydrogen) atoms. The summed E-state index contributed by atoms with van der Waals surface area (Å²) in [5.41, 5.74) is 0. The highest BCUT2D eigenvalue weighted by molar-refractivity contribution is 5.91. The maximum atomic E-state index is 11.8. The lowest BCUT2D eigenvalue weighted by molar-refractivity contribution is -0.158. The van der Waals surface area contributed by atoms with Crippen LogP contribution in [0.2, 0.25) is 0 Å². The van der Waals surface area contributed by atoms with Crippen molar-refractivity contribution in [2.45, 2.75) is 6.10 Å². The third kappa shape index (κ3) is 2.98.